The van der Waals surface area contributed by atoms with Crippen LogP contribution in [0.5, 0.6) is 0 Å². The molecule has 29 heavy (non-hydrogen) atoms. The summed E-state index contributed by atoms with van der Waals surface area (Å²) in [6.45, 7) is 6.22. The molecule has 0 atom stereocenters. The van der Waals surface area contributed by atoms with Gasteiger partial charge < -0.3 is 14.7 Å². The van der Waals surface area contributed by atoms with Gasteiger partial charge in [-0.15, -0.1) is 11.3 Å². The van der Waals surface area contributed by atoms with E-state index in [9.17, 15) is 4.79 Å². The third-order valence-corrected chi connectivity index (χ3v) is 6.04. The number of carbonyl (C=O) groups excluding carboxylic acids is 1. The van der Waals surface area contributed by atoms with E-state index in [1.165, 1.54) is 10.4 Å². The lowest BCUT2D eigenvalue weighted by Gasteiger charge is -2.20. The number of aryl methyl sites for hydroxylation is 1. The Morgan fingerprint density at radius 2 is 2.07 bits per heavy atom. The van der Waals surface area contributed by atoms with Gasteiger partial charge in [-0.05, 0) is 18.5 Å². The Labute approximate surface area is 174 Å². The Bertz CT molecular complexity index is 993. The molecule has 1 aromatic carbocycles. The predicted octanol–water partition coefficient (Wildman–Crippen LogP) is 3.88. The van der Waals surface area contributed by atoms with Gasteiger partial charge in [-0.25, -0.2) is 4.98 Å². The average Bonchev–Trinajstić information content (AvgIpc) is 3.32. The standard InChI is InChI=1S/C21H25N5O2S/c1-13(2)14-4-6-15(7-5-14)20-24-19(28-25-20)9-8-18(27)23-21-22-16-10-11-26(3)12-17(16)29-21/h4-7,13H,8-12H2,1-3H3,(H,22,23,27). The second-order valence-electron chi connectivity index (χ2n) is 7.71. The Morgan fingerprint density at radius 1 is 1.28 bits per heavy atom. The monoisotopic (exact) mass is 411 g/mol. The lowest BCUT2D eigenvalue weighted by atomic mass is 10.0. The van der Waals surface area contributed by atoms with E-state index in [1.807, 2.05) is 12.1 Å². The lowest BCUT2D eigenvalue weighted by molar-refractivity contribution is -0.116. The van der Waals surface area contributed by atoms with Crippen LogP contribution >= 0.6 is 11.3 Å². The van der Waals surface area contributed by atoms with Crippen LogP contribution in [0.4, 0.5) is 5.13 Å². The maximum absolute atomic E-state index is 12.3. The van der Waals surface area contributed by atoms with Crippen LogP contribution in [0.25, 0.3) is 11.4 Å². The van der Waals surface area contributed by atoms with Crippen LogP contribution < -0.4 is 5.32 Å². The summed E-state index contributed by atoms with van der Waals surface area (Å²) in [4.78, 5) is 24.8. The molecule has 0 spiro atoms. The van der Waals surface area contributed by atoms with Crippen LogP contribution in [0.3, 0.4) is 0 Å². The minimum Gasteiger partial charge on any atom is -0.339 e. The molecule has 8 heteroatoms. The molecule has 1 N–H and O–H groups in total. The zero-order valence-electron chi connectivity index (χ0n) is 16.9. The lowest BCUT2D eigenvalue weighted by Crippen LogP contribution is -2.25. The topological polar surface area (TPSA) is 84.2 Å². The third-order valence-electron chi connectivity index (χ3n) is 5.04. The fraction of sp³-hybridized carbons (Fsp3) is 0.429. The van der Waals surface area contributed by atoms with Gasteiger partial charge in [0.25, 0.3) is 0 Å². The van der Waals surface area contributed by atoms with E-state index in [-0.39, 0.29) is 12.3 Å². The Hall–Kier alpha value is -2.58. The van der Waals surface area contributed by atoms with Crippen molar-refractivity contribution in [2.75, 3.05) is 18.9 Å². The summed E-state index contributed by atoms with van der Waals surface area (Å²) in [5.74, 6) is 1.40. The van der Waals surface area contributed by atoms with E-state index in [1.54, 1.807) is 11.3 Å². The van der Waals surface area contributed by atoms with Gasteiger partial charge in [-0.3, -0.25) is 4.79 Å². The molecule has 0 radical (unpaired) electrons. The smallest absolute Gasteiger partial charge is 0.227 e. The predicted molar refractivity (Wildman–Crippen MR) is 113 cm³/mol. The fourth-order valence-electron chi connectivity index (χ4n) is 3.27. The molecule has 7 nitrogen and oxygen atoms in total. The van der Waals surface area contributed by atoms with Gasteiger partial charge >= 0.3 is 0 Å². The van der Waals surface area contributed by atoms with E-state index < -0.39 is 0 Å². The number of thiazole rings is 1. The molecule has 0 saturated carbocycles. The first-order chi connectivity index (χ1) is 14.0. The molecular weight excluding hydrogens is 386 g/mol. The quantitative estimate of drug-likeness (QED) is 0.663. The highest BCUT2D eigenvalue weighted by Gasteiger charge is 2.19. The zero-order valence-corrected chi connectivity index (χ0v) is 17.8. The van der Waals surface area contributed by atoms with E-state index in [2.05, 4.69) is 58.4 Å². The number of nitrogens with one attached hydrogen (secondary N) is 1. The molecule has 4 rings (SSSR count). The van der Waals surface area contributed by atoms with Crippen molar-refractivity contribution in [3.05, 3.63) is 46.3 Å². The summed E-state index contributed by atoms with van der Waals surface area (Å²) < 4.78 is 5.32. The molecule has 2 aromatic heterocycles. The Kier molecular flexibility index (Phi) is 5.73. The Balaban J connectivity index is 1.32. The highest BCUT2D eigenvalue weighted by atomic mass is 32.1. The second-order valence-corrected chi connectivity index (χ2v) is 8.80. The molecule has 0 unspecified atom stereocenters. The van der Waals surface area contributed by atoms with E-state index in [0.717, 1.165) is 30.8 Å². The number of fused-ring (bicyclic) bond motifs is 1. The molecule has 3 aromatic rings. The highest BCUT2D eigenvalue weighted by molar-refractivity contribution is 7.15. The van der Waals surface area contributed by atoms with Crippen LogP contribution in [0.2, 0.25) is 0 Å². The van der Waals surface area contributed by atoms with Crippen molar-refractivity contribution in [2.45, 2.75) is 45.6 Å². The van der Waals surface area contributed by atoms with Gasteiger partial charge in [0.1, 0.15) is 0 Å². The van der Waals surface area contributed by atoms with E-state index >= 15 is 0 Å². The second kappa shape index (κ2) is 8.42. The van der Waals surface area contributed by atoms with Crippen molar-refractivity contribution in [1.82, 2.24) is 20.0 Å². The van der Waals surface area contributed by atoms with Crippen LogP contribution in [0.1, 0.15) is 48.2 Å². The first kappa shape index (κ1) is 19.7. The van der Waals surface area contributed by atoms with Crippen molar-refractivity contribution >= 4 is 22.4 Å². The summed E-state index contributed by atoms with van der Waals surface area (Å²) in [6.07, 6.45) is 1.61. The van der Waals surface area contributed by atoms with E-state index in [4.69, 9.17) is 4.52 Å². The largest absolute Gasteiger partial charge is 0.339 e. The molecule has 0 fully saturated rings. The number of rotatable bonds is 6. The Morgan fingerprint density at radius 3 is 2.83 bits per heavy atom. The molecule has 0 saturated heterocycles. The van der Waals surface area contributed by atoms with Gasteiger partial charge in [0.05, 0.1) is 5.69 Å². The molecule has 152 valence electrons. The van der Waals surface area contributed by atoms with Crippen molar-refractivity contribution in [3.63, 3.8) is 0 Å². The van der Waals surface area contributed by atoms with Crippen molar-refractivity contribution < 1.29 is 9.32 Å². The number of aromatic nitrogens is 3. The molecule has 0 aliphatic carbocycles. The summed E-state index contributed by atoms with van der Waals surface area (Å²) in [5, 5.41) is 7.61. The zero-order chi connectivity index (χ0) is 20.4. The average molecular weight is 412 g/mol. The van der Waals surface area contributed by atoms with Crippen LogP contribution in [-0.4, -0.2) is 39.5 Å². The summed E-state index contributed by atoms with van der Waals surface area (Å²) in [7, 11) is 2.10. The third kappa shape index (κ3) is 4.71. The number of benzene rings is 1. The maximum atomic E-state index is 12.3. The molecule has 1 aliphatic heterocycles. The van der Waals surface area contributed by atoms with Gasteiger partial charge in [-0.2, -0.15) is 4.98 Å². The van der Waals surface area contributed by atoms with Crippen LogP contribution in [0.15, 0.2) is 28.8 Å². The number of anilines is 1. The minimum absolute atomic E-state index is 0.0921. The normalized spacial score (nSPS) is 14.2. The van der Waals surface area contributed by atoms with E-state index in [0.29, 0.717) is 29.2 Å². The van der Waals surface area contributed by atoms with Crippen molar-refractivity contribution in [1.29, 1.82) is 0 Å². The first-order valence-corrected chi connectivity index (χ1v) is 10.7. The van der Waals surface area contributed by atoms with Crippen LogP contribution in [-0.2, 0) is 24.2 Å². The molecule has 0 bridgehead atoms. The van der Waals surface area contributed by atoms with Gasteiger partial charge in [0, 0.05) is 42.8 Å². The number of carbonyl (C=O) groups is 1. The summed E-state index contributed by atoms with van der Waals surface area (Å²) in [6, 6.07) is 8.15. The molecule has 1 amide bonds. The first-order valence-electron chi connectivity index (χ1n) is 9.88. The molecule has 3 heterocycles. The SMILES string of the molecule is CC(C)c1ccc(-c2noc(CCC(=O)Nc3nc4c(s3)CN(C)CC4)n2)cc1. The number of hydrogen-bond acceptors (Lipinski definition) is 7. The van der Waals surface area contributed by atoms with Gasteiger partial charge in [-0.1, -0.05) is 43.3 Å². The number of hydrogen-bond donors (Lipinski definition) is 1. The van der Waals surface area contributed by atoms with Crippen molar-refractivity contribution in [3.8, 4) is 11.4 Å². The highest BCUT2D eigenvalue weighted by Crippen LogP contribution is 2.28. The number of likely N-dealkylation sites (N-methyl/N-ethyl adjacent to an activating group) is 1. The van der Waals surface area contributed by atoms with Crippen LogP contribution in [0, 0.1) is 0 Å². The van der Waals surface area contributed by atoms with Crippen molar-refractivity contribution in [2.24, 2.45) is 0 Å². The molecular formula is C21H25N5O2S. The van der Waals surface area contributed by atoms with Gasteiger partial charge in [0.15, 0.2) is 5.13 Å². The number of nitrogens with zero attached hydrogens (tertiary/aromatic N) is 4. The fourth-order valence-corrected chi connectivity index (χ4v) is 4.37. The maximum Gasteiger partial charge on any atom is 0.227 e. The summed E-state index contributed by atoms with van der Waals surface area (Å²) >= 11 is 1.56. The minimum atomic E-state index is -0.0921. The van der Waals surface area contributed by atoms with Gasteiger partial charge in [0.2, 0.25) is 17.6 Å². The summed E-state index contributed by atoms with van der Waals surface area (Å²) in [5.41, 5.74) is 3.28. The molecule has 1 aliphatic rings. The number of amides is 1.